The van der Waals surface area contributed by atoms with E-state index in [2.05, 4.69) is 10.2 Å². The number of nitrogens with one attached hydrogen (secondary N) is 1. The van der Waals surface area contributed by atoms with Gasteiger partial charge >= 0.3 is 0 Å². The van der Waals surface area contributed by atoms with Crippen LogP contribution in [0.15, 0.2) is 24.3 Å². The first-order valence-corrected chi connectivity index (χ1v) is 7.41. The maximum atomic E-state index is 12.2. The number of hydrogen-bond acceptors (Lipinski definition) is 2. The van der Waals surface area contributed by atoms with Gasteiger partial charge in [-0.15, -0.1) is 0 Å². The van der Waals surface area contributed by atoms with Crippen molar-refractivity contribution in [3.63, 3.8) is 0 Å². The van der Waals surface area contributed by atoms with E-state index in [1.54, 1.807) is 12.1 Å². The average Bonchev–Trinajstić information content (AvgIpc) is 3.24. The van der Waals surface area contributed by atoms with Crippen molar-refractivity contribution in [2.24, 2.45) is 0 Å². The Bertz CT molecular complexity index is 465. The molecule has 4 heteroatoms. The summed E-state index contributed by atoms with van der Waals surface area (Å²) >= 11 is 6.04. The number of piperidine rings is 1. The van der Waals surface area contributed by atoms with Crippen molar-refractivity contribution in [2.75, 3.05) is 13.1 Å². The van der Waals surface area contributed by atoms with Crippen molar-refractivity contribution in [1.29, 1.82) is 0 Å². The van der Waals surface area contributed by atoms with E-state index in [-0.39, 0.29) is 5.91 Å². The van der Waals surface area contributed by atoms with Crippen LogP contribution in [0.4, 0.5) is 0 Å². The zero-order chi connectivity index (χ0) is 13.2. The van der Waals surface area contributed by atoms with E-state index >= 15 is 0 Å². The van der Waals surface area contributed by atoms with Crippen LogP contribution in [0.1, 0.15) is 36.0 Å². The zero-order valence-electron chi connectivity index (χ0n) is 10.9. The summed E-state index contributed by atoms with van der Waals surface area (Å²) in [7, 11) is 0. The summed E-state index contributed by atoms with van der Waals surface area (Å²) in [6.45, 7) is 2.22. The lowest BCUT2D eigenvalue weighted by Gasteiger charge is -2.32. The molecule has 0 spiro atoms. The van der Waals surface area contributed by atoms with Crippen molar-refractivity contribution in [3.8, 4) is 0 Å². The minimum absolute atomic E-state index is 0.0459. The van der Waals surface area contributed by atoms with Crippen LogP contribution in [0.5, 0.6) is 0 Å². The molecule has 1 heterocycles. The Morgan fingerprint density at radius 1 is 1.16 bits per heavy atom. The molecule has 3 nitrogen and oxygen atoms in total. The first kappa shape index (κ1) is 12.9. The van der Waals surface area contributed by atoms with Crippen LogP contribution < -0.4 is 5.32 Å². The summed E-state index contributed by atoms with van der Waals surface area (Å²) < 4.78 is 0. The van der Waals surface area contributed by atoms with Crippen molar-refractivity contribution in [2.45, 2.75) is 37.8 Å². The lowest BCUT2D eigenvalue weighted by molar-refractivity contribution is 0.0909. The van der Waals surface area contributed by atoms with Crippen LogP contribution in [0, 0.1) is 0 Å². The molecular formula is C15H19ClN2O. The van der Waals surface area contributed by atoms with Gasteiger partial charge in [-0.25, -0.2) is 0 Å². The Kier molecular flexibility index (Phi) is 3.76. The number of amides is 1. The molecule has 1 saturated heterocycles. The van der Waals surface area contributed by atoms with Gasteiger partial charge in [0, 0.05) is 25.2 Å². The molecule has 19 heavy (non-hydrogen) atoms. The van der Waals surface area contributed by atoms with Crippen molar-refractivity contribution < 1.29 is 4.79 Å². The smallest absolute Gasteiger partial charge is 0.253 e. The highest BCUT2D eigenvalue weighted by Gasteiger charge is 2.32. The van der Waals surface area contributed by atoms with Crippen LogP contribution in [-0.4, -0.2) is 36.0 Å². The number of carbonyl (C=O) groups is 1. The second-order valence-corrected chi connectivity index (χ2v) is 5.90. The summed E-state index contributed by atoms with van der Waals surface area (Å²) in [4.78, 5) is 14.7. The second kappa shape index (κ2) is 5.51. The van der Waals surface area contributed by atoms with Crippen molar-refractivity contribution in [3.05, 3.63) is 34.9 Å². The zero-order valence-corrected chi connectivity index (χ0v) is 11.7. The minimum Gasteiger partial charge on any atom is -0.349 e. The first-order chi connectivity index (χ1) is 9.24. The van der Waals surface area contributed by atoms with E-state index in [0.29, 0.717) is 16.6 Å². The standard InChI is InChI=1S/C15H19ClN2O/c16-14-4-2-1-3-13(14)15(19)17-11-7-9-18(10-8-11)12-5-6-12/h1-4,11-12H,5-10H2,(H,17,19). The highest BCUT2D eigenvalue weighted by atomic mass is 35.5. The lowest BCUT2D eigenvalue weighted by atomic mass is 10.0. The van der Waals surface area contributed by atoms with E-state index in [1.165, 1.54) is 12.8 Å². The van der Waals surface area contributed by atoms with Crippen molar-refractivity contribution in [1.82, 2.24) is 10.2 Å². The molecule has 0 atom stereocenters. The molecule has 0 radical (unpaired) electrons. The molecule has 1 aliphatic carbocycles. The van der Waals surface area contributed by atoms with Gasteiger partial charge in [0.15, 0.2) is 0 Å². The number of rotatable bonds is 3. The van der Waals surface area contributed by atoms with Gasteiger partial charge in [0.1, 0.15) is 0 Å². The first-order valence-electron chi connectivity index (χ1n) is 7.03. The summed E-state index contributed by atoms with van der Waals surface area (Å²) in [5.74, 6) is -0.0459. The Labute approximate surface area is 118 Å². The van der Waals surface area contributed by atoms with Crippen LogP contribution in [0.2, 0.25) is 5.02 Å². The second-order valence-electron chi connectivity index (χ2n) is 5.49. The van der Waals surface area contributed by atoms with Crippen LogP contribution in [0.25, 0.3) is 0 Å². The van der Waals surface area contributed by atoms with E-state index in [0.717, 1.165) is 32.0 Å². The quantitative estimate of drug-likeness (QED) is 0.922. The molecule has 1 aromatic carbocycles. The molecule has 2 fully saturated rings. The average molecular weight is 279 g/mol. The predicted molar refractivity (Wildman–Crippen MR) is 76.5 cm³/mol. The molecule has 2 aliphatic rings. The van der Waals surface area contributed by atoms with Gasteiger partial charge in [-0.2, -0.15) is 0 Å². The van der Waals surface area contributed by atoms with Gasteiger partial charge in [-0.1, -0.05) is 23.7 Å². The number of nitrogens with zero attached hydrogens (tertiary/aromatic N) is 1. The fraction of sp³-hybridized carbons (Fsp3) is 0.533. The molecule has 1 aliphatic heterocycles. The van der Waals surface area contributed by atoms with Gasteiger partial charge in [0.2, 0.25) is 0 Å². The number of benzene rings is 1. The minimum atomic E-state index is -0.0459. The van der Waals surface area contributed by atoms with E-state index in [1.807, 2.05) is 12.1 Å². The fourth-order valence-electron chi connectivity index (χ4n) is 2.76. The normalized spacial score (nSPS) is 21.3. The Balaban J connectivity index is 1.54. The monoisotopic (exact) mass is 278 g/mol. The number of hydrogen-bond donors (Lipinski definition) is 1. The fourth-order valence-corrected chi connectivity index (χ4v) is 2.98. The molecule has 102 valence electrons. The summed E-state index contributed by atoms with van der Waals surface area (Å²) in [5, 5.41) is 3.63. The van der Waals surface area contributed by atoms with Crippen molar-refractivity contribution >= 4 is 17.5 Å². The third-order valence-corrected chi connectivity index (χ3v) is 4.38. The van der Waals surface area contributed by atoms with E-state index < -0.39 is 0 Å². The molecule has 0 unspecified atom stereocenters. The number of likely N-dealkylation sites (tertiary alicyclic amines) is 1. The van der Waals surface area contributed by atoms with Gasteiger partial charge < -0.3 is 10.2 Å². The topological polar surface area (TPSA) is 32.3 Å². The maximum Gasteiger partial charge on any atom is 0.253 e. The van der Waals surface area contributed by atoms with Crippen LogP contribution in [0.3, 0.4) is 0 Å². The maximum absolute atomic E-state index is 12.2. The Morgan fingerprint density at radius 2 is 1.84 bits per heavy atom. The van der Waals surface area contributed by atoms with Crippen LogP contribution >= 0.6 is 11.6 Å². The molecule has 0 aromatic heterocycles. The van der Waals surface area contributed by atoms with Gasteiger partial charge in [-0.05, 0) is 37.8 Å². The summed E-state index contributed by atoms with van der Waals surface area (Å²) in [5.41, 5.74) is 0.578. The van der Waals surface area contributed by atoms with E-state index in [4.69, 9.17) is 11.6 Å². The van der Waals surface area contributed by atoms with Crippen LogP contribution in [-0.2, 0) is 0 Å². The summed E-state index contributed by atoms with van der Waals surface area (Å²) in [6, 6.07) is 8.34. The molecule has 1 aromatic rings. The van der Waals surface area contributed by atoms with Gasteiger partial charge in [-0.3, -0.25) is 4.79 Å². The number of halogens is 1. The number of carbonyl (C=O) groups excluding carboxylic acids is 1. The third kappa shape index (κ3) is 3.10. The highest BCUT2D eigenvalue weighted by Crippen LogP contribution is 2.29. The highest BCUT2D eigenvalue weighted by molar-refractivity contribution is 6.33. The largest absolute Gasteiger partial charge is 0.349 e. The summed E-state index contributed by atoms with van der Waals surface area (Å²) in [6.07, 6.45) is 4.81. The third-order valence-electron chi connectivity index (χ3n) is 4.05. The Hall–Kier alpha value is -1.06. The molecule has 1 saturated carbocycles. The SMILES string of the molecule is O=C(NC1CCN(C2CC2)CC1)c1ccccc1Cl. The lowest BCUT2D eigenvalue weighted by Crippen LogP contribution is -2.45. The molecule has 1 amide bonds. The predicted octanol–water partition coefficient (Wildman–Crippen LogP) is 2.70. The molecule has 1 N–H and O–H groups in total. The van der Waals surface area contributed by atoms with Gasteiger partial charge in [0.05, 0.1) is 10.6 Å². The molecular weight excluding hydrogens is 260 g/mol. The van der Waals surface area contributed by atoms with Gasteiger partial charge in [0.25, 0.3) is 5.91 Å². The van der Waals surface area contributed by atoms with E-state index in [9.17, 15) is 4.79 Å². The molecule has 3 rings (SSSR count). The molecule has 0 bridgehead atoms. The Morgan fingerprint density at radius 3 is 2.47 bits per heavy atom.